The summed E-state index contributed by atoms with van der Waals surface area (Å²) in [6.07, 6.45) is 3.08. The maximum absolute atomic E-state index is 11.4. The molecule has 0 saturated carbocycles. The van der Waals surface area contributed by atoms with Gasteiger partial charge >= 0.3 is 0 Å². The van der Waals surface area contributed by atoms with Crippen molar-refractivity contribution in [1.29, 1.82) is 0 Å². The second-order valence-corrected chi connectivity index (χ2v) is 4.25. The van der Waals surface area contributed by atoms with Gasteiger partial charge in [-0.15, -0.1) is 0 Å². The third-order valence-electron chi connectivity index (χ3n) is 1.79. The number of nitrogens with one attached hydrogen (secondary N) is 1. The number of hydrogen-bond donors (Lipinski definition) is 1. The fourth-order valence-corrected chi connectivity index (χ4v) is 2.16. The fourth-order valence-electron chi connectivity index (χ4n) is 1.19. The average molecular weight is 305 g/mol. The molecular weight excluding hydrogens is 293 g/mol. The van der Waals surface area contributed by atoms with Crippen LogP contribution < -0.4 is 10.1 Å². The van der Waals surface area contributed by atoms with Crippen LogP contribution in [0.25, 0.3) is 0 Å². The highest BCUT2D eigenvalue weighted by molar-refractivity contribution is 9.10. The van der Waals surface area contributed by atoms with E-state index in [4.69, 9.17) is 16.3 Å². The molecule has 0 bridgehead atoms. The molecule has 0 aromatic heterocycles. The summed E-state index contributed by atoms with van der Waals surface area (Å²) < 4.78 is 5.86. The number of anilines is 1. The summed E-state index contributed by atoms with van der Waals surface area (Å²) >= 11 is 9.19. The Balaban J connectivity index is 3.07. The summed E-state index contributed by atoms with van der Waals surface area (Å²) in [4.78, 5) is 11.4. The van der Waals surface area contributed by atoms with Gasteiger partial charge in [0.2, 0.25) is 5.91 Å². The van der Waals surface area contributed by atoms with E-state index in [0.29, 0.717) is 20.9 Å². The Kier molecular flexibility index (Phi) is 4.83. The summed E-state index contributed by atoms with van der Waals surface area (Å²) in [5.41, 5.74) is 0.532. The molecule has 0 spiro atoms. The molecule has 1 N–H and O–H groups in total. The third-order valence-corrected chi connectivity index (χ3v) is 2.60. The van der Waals surface area contributed by atoms with E-state index in [2.05, 4.69) is 21.2 Å². The second-order valence-electron chi connectivity index (χ2n) is 2.96. The molecule has 0 saturated heterocycles. The van der Waals surface area contributed by atoms with Crippen LogP contribution in [-0.2, 0) is 4.79 Å². The zero-order valence-corrected chi connectivity index (χ0v) is 11.2. The highest BCUT2D eigenvalue weighted by Crippen LogP contribution is 2.36. The number of methoxy groups -OCH3 is 1. The van der Waals surface area contributed by atoms with E-state index < -0.39 is 0 Å². The van der Waals surface area contributed by atoms with E-state index in [9.17, 15) is 4.79 Å². The SMILES string of the molecule is CC=CC(=O)Nc1cc(Cl)cc(Br)c1OC. The molecule has 16 heavy (non-hydrogen) atoms. The highest BCUT2D eigenvalue weighted by atomic mass is 79.9. The van der Waals surface area contributed by atoms with E-state index >= 15 is 0 Å². The standard InChI is InChI=1S/C11H11BrClNO2/c1-3-4-10(15)14-9-6-7(13)5-8(12)11(9)16-2/h3-6H,1-2H3,(H,14,15). The van der Waals surface area contributed by atoms with Gasteiger partial charge in [0, 0.05) is 5.02 Å². The number of allylic oxidation sites excluding steroid dienone is 1. The first-order valence-corrected chi connectivity index (χ1v) is 5.72. The van der Waals surface area contributed by atoms with Gasteiger partial charge in [0.15, 0.2) is 5.75 Å². The first-order valence-electron chi connectivity index (χ1n) is 4.55. The lowest BCUT2D eigenvalue weighted by atomic mass is 10.3. The normalized spacial score (nSPS) is 10.5. The smallest absolute Gasteiger partial charge is 0.248 e. The molecule has 1 aromatic rings. The van der Waals surface area contributed by atoms with Crippen molar-refractivity contribution < 1.29 is 9.53 Å². The summed E-state index contributed by atoms with van der Waals surface area (Å²) in [5.74, 6) is 0.317. The van der Waals surface area contributed by atoms with Crippen molar-refractivity contribution in [3.63, 3.8) is 0 Å². The van der Waals surface area contributed by atoms with Gasteiger partial charge in [-0.3, -0.25) is 4.79 Å². The average Bonchev–Trinajstić information content (AvgIpc) is 2.17. The molecule has 0 aliphatic rings. The van der Waals surface area contributed by atoms with Gasteiger partial charge in [-0.1, -0.05) is 17.7 Å². The van der Waals surface area contributed by atoms with Crippen LogP contribution in [0.2, 0.25) is 5.02 Å². The van der Waals surface area contributed by atoms with Crippen LogP contribution in [0.3, 0.4) is 0 Å². The van der Waals surface area contributed by atoms with Crippen LogP contribution in [0.1, 0.15) is 6.92 Å². The van der Waals surface area contributed by atoms with Crippen molar-refractivity contribution in [2.24, 2.45) is 0 Å². The number of rotatable bonds is 3. The number of halogens is 2. The molecule has 1 aromatic carbocycles. The van der Waals surface area contributed by atoms with Crippen molar-refractivity contribution in [3.8, 4) is 5.75 Å². The quantitative estimate of drug-likeness (QED) is 0.866. The Bertz CT molecular complexity index is 432. The lowest BCUT2D eigenvalue weighted by molar-refractivity contribution is -0.111. The van der Waals surface area contributed by atoms with Gasteiger partial charge in [-0.2, -0.15) is 0 Å². The van der Waals surface area contributed by atoms with E-state index in [-0.39, 0.29) is 5.91 Å². The summed E-state index contributed by atoms with van der Waals surface area (Å²) in [6.45, 7) is 1.77. The molecule has 0 radical (unpaired) electrons. The Labute approximate surface area is 108 Å². The predicted molar refractivity (Wildman–Crippen MR) is 69.1 cm³/mol. The largest absolute Gasteiger partial charge is 0.493 e. The maximum atomic E-state index is 11.4. The molecular formula is C11H11BrClNO2. The zero-order valence-electron chi connectivity index (χ0n) is 8.88. The second kappa shape index (κ2) is 5.92. The van der Waals surface area contributed by atoms with Crippen LogP contribution >= 0.6 is 27.5 Å². The number of amides is 1. The Morgan fingerprint density at radius 1 is 1.56 bits per heavy atom. The number of ether oxygens (including phenoxy) is 1. The Hall–Kier alpha value is -1.00. The minimum atomic E-state index is -0.227. The van der Waals surface area contributed by atoms with E-state index in [1.54, 1.807) is 25.1 Å². The lowest BCUT2D eigenvalue weighted by Crippen LogP contribution is -2.09. The molecule has 0 aliphatic heterocycles. The molecule has 1 rings (SSSR count). The van der Waals surface area contributed by atoms with Crippen molar-refractivity contribution in [1.82, 2.24) is 0 Å². The minimum Gasteiger partial charge on any atom is -0.493 e. The Morgan fingerprint density at radius 3 is 2.81 bits per heavy atom. The maximum Gasteiger partial charge on any atom is 0.248 e. The summed E-state index contributed by atoms with van der Waals surface area (Å²) in [6, 6.07) is 3.33. The van der Waals surface area contributed by atoms with E-state index in [1.807, 2.05) is 0 Å². The Morgan fingerprint density at radius 2 is 2.25 bits per heavy atom. The third kappa shape index (κ3) is 3.25. The van der Waals surface area contributed by atoms with Crippen molar-refractivity contribution in [2.45, 2.75) is 6.92 Å². The first kappa shape index (κ1) is 13.1. The van der Waals surface area contributed by atoms with Gasteiger partial charge in [-0.25, -0.2) is 0 Å². The lowest BCUT2D eigenvalue weighted by Gasteiger charge is -2.11. The van der Waals surface area contributed by atoms with Crippen molar-refractivity contribution in [2.75, 3.05) is 12.4 Å². The van der Waals surface area contributed by atoms with Crippen LogP contribution in [-0.4, -0.2) is 13.0 Å². The van der Waals surface area contributed by atoms with Crippen LogP contribution in [0.4, 0.5) is 5.69 Å². The number of carbonyl (C=O) groups is 1. The molecule has 5 heteroatoms. The number of carbonyl (C=O) groups excluding carboxylic acids is 1. The molecule has 0 fully saturated rings. The molecule has 86 valence electrons. The van der Waals surface area contributed by atoms with Gasteiger partial charge in [0.05, 0.1) is 17.3 Å². The van der Waals surface area contributed by atoms with E-state index in [0.717, 1.165) is 0 Å². The molecule has 0 heterocycles. The fraction of sp³-hybridized carbons (Fsp3) is 0.182. The molecule has 3 nitrogen and oxygen atoms in total. The van der Waals surface area contributed by atoms with E-state index in [1.165, 1.54) is 13.2 Å². The van der Waals surface area contributed by atoms with Gasteiger partial charge in [-0.05, 0) is 41.1 Å². The van der Waals surface area contributed by atoms with Crippen LogP contribution in [0, 0.1) is 0 Å². The summed E-state index contributed by atoms with van der Waals surface area (Å²) in [7, 11) is 1.53. The zero-order chi connectivity index (χ0) is 12.1. The minimum absolute atomic E-state index is 0.227. The van der Waals surface area contributed by atoms with Gasteiger partial charge in [0.1, 0.15) is 0 Å². The summed E-state index contributed by atoms with van der Waals surface area (Å²) in [5, 5.41) is 3.20. The van der Waals surface area contributed by atoms with Crippen LogP contribution in [0.15, 0.2) is 28.8 Å². The van der Waals surface area contributed by atoms with Gasteiger partial charge in [0.25, 0.3) is 0 Å². The van der Waals surface area contributed by atoms with Crippen LogP contribution in [0.5, 0.6) is 5.75 Å². The topological polar surface area (TPSA) is 38.3 Å². The van der Waals surface area contributed by atoms with Crippen molar-refractivity contribution in [3.05, 3.63) is 33.8 Å². The predicted octanol–water partition coefficient (Wildman–Crippen LogP) is 3.63. The van der Waals surface area contributed by atoms with Gasteiger partial charge < -0.3 is 10.1 Å². The highest BCUT2D eigenvalue weighted by Gasteiger charge is 2.10. The molecule has 0 unspecified atom stereocenters. The molecule has 0 atom stereocenters. The van der Waals surface area contributed by atoms with Crippen molar-refractivity contribution >= 4 is 39.1 Å². The molecule has 1 amide bonds. The first-order chi connectivity index (χ1) is 7.58. The number of benzene rings is 1. The number of hydrogen-bond acceptors (Lipinski definition) is 2. The monoisotopic (exact) mass is 303 g/mol. The molecule has 0 aliphatic carbocycles.